The summed E-state index contributed by atoms with van der Waals surface area (Å²) in [7, 11) is 1.74. The quantitative estimate of drug-likeness (QED) is 0.531. The van der Waals surface area contributed by atoms with Crippen molar-refractivity contribution >= 4 is 0 Å². The van der Waals surface area contributed by atoms with E-state index >= 15 is 0 Å². The van der Waals surface area contributed by atoms with E-state index in [0.717, 1.165) is 31.4 Å². The summed E-state index contributed by atoms with van der Waals surface area (Å²) >= 11 is 0. The molecule has 1 heterocycles. The van der Waals surface area contributed by atoms with Gasteiger partial charge in [-0.3, -0.25) is 16.0 Å². The Morgan fingerprint density at radius 3 is 2.74 bits per heavy atom. The van der Waals surface area contributed by atoms with Gasteiger partial charge < -0.3 is 4.74 Å². The van der Waals surface area contributed by atoms with Gasteiger partial charge in [0.1, 0.15) is 0 Å². The smallest absolute Gasteiger partial charge is 0.0640 e. The van der Waals surface area contributed by atoms with Crippen LogP contribution in [0.15, 0.2) is 12.3 Å². The molecular weight excluding hydrogens is 240 g/mol. The summed E-state index contributed by atoms with van der Waals surface area (Å²) in [5.74, 6) is 5.62. The minimum atomic E-state index is 0.248. The Labute approximate surface area is 116 Å². The normalized spacial score (nSPS) is 16.3. The molecule has 1 rings (SSSR count). The number of nitrogens with two attached hydrogens (primary N) is 1. The van der Waals surface area contributed by atoms with Crippen molar-refractivity contribution in [2.75, 3.05) is 7.11 Å². The SMILES string of the molecule is CCC(C)n1ccc(CC(CCC(C)OC)NN)n1. The number of aromatic nitrogens is 2. The molecule has 0 aromatic carbocycles. The standard InChI is InChI=1S/C14H28N4O/c1-5-11(2)18-9-8-14(17-18)10-13(16-15)7-6-12(3)19-4/h8-9,11-13,16H,5-7,10,15H2,1-4H3. The molecule has 0 saturated heterocycles. The van der Waals surface area contributed by atoms with Gasteiger partial charge in [-0.15, -0.1) is 0 Å². The average Bonchev–Trinajstić information content (AvgIpc) is 2.90. The molecular formula is C14H28N4O. The molecule has 0 spiro atoms. The van der Waals surface area contributed by atoms with E-state index in [9.17, 15) is 0 Å². The first-order valence-corrected chi connectivity index (χ1v) is 7.13. The van der Waals surface area contributed by atoms with Crippen LogP contribution in [-0.2, 0) is 11.2 Å². The first-order chi connectivity index (χ1) is 9.10. The van der Waals surface area contributed by atoms with E-state index in [0.29, 0.717) is 6.04 Å². The van der Waals surface area contributed by atoms with Gasteiger partial charge in [-0.25, -0.2) is 0 Å². The molecule has 0 aliphatic carbocycles. The molecule has 0 saturated carbocycles. The molecule has 5 heteroatoms. The predicted octanol–water partition coefficient (Wildman–Crippen LogP) is 2.04. The number of nitrogens with zero attached hydrogens (tertiary/aromatic N) is 2. The first kappa shape index (κ1) is 16.1. The third kappa shape index (κ3) is 5.30. The van der Waals surface area contributed by atoms with Crippen LogP contribution in [0.5, 0.6) is 0 Å². The van der Waals surface area contributed by atoms with Crippen LogP contribution in [0.25, 0.3) is 0 Å². The number of nitrogens with one attached hydrogen (secondary N) is 1. The summed E-state index contributed by atoms with van der Waals surface area (Å²) in [6.07, 6.45) is 6.25. The Morgan fingerprint density at radius 2 is 2.16 bits per heavy atom. The van der Waals surface area contributed by atoms with E-state index in [1.54, 1.807) is 7.11 Å². The molecule has 0 fully saturated rings. The molecule has 110 valence electrons. The molecule has 1 aromatic heterocycles. The minimum Gasteiger partial charge on any atom is -0.382 e. The maximum Gasteiger partial charge on any atom is 0.0640 e. The molecule has 3 atom stereocenters. The van der Waals surface area contributed by atoms with Gasteiger partial charge in [-0.05, 0) is 39.2 Å². The molecule has 0 radical (unpaired) electrons. The third-order valence-electron chi connectivity index (χ3n) is 3.72. The average molecular weight is 268 g/mol. The Hall–Kier alpha value is -0.910. The second-order valence-electron chi connectivity index (χ2n) is 5.24. The maximum absolute atomic E-state index is 5.62. The fourth-order valence-corrected chi connectivity index (χ4v) is 1.97. The Bertz CT molecular complexity index is 353. The van der Waals surface area contributed by atoms with Crippen LogP contribution in [0.2, 0.25) is 0 Å². The summed E-state index contributed by atoms with van der Waals surface area (Å²) < 4.78 is 7.29. The van der Waals surface area contributed by atoms with Gasteiger partial charge in [-0.1, -0.05) is 6.92 Å². The minimum absolute atomic E-state index is 0.248. The topological polar surface area (TPSA) is 65.1 Å². The van der Waals surface area contributed by atoms with E-state index in [1.165, 1.54) is 0 Å². The fraction of sp³-hybridized carbons (Fsp3) is 0.786. The van der Waals surface area contributed by atoms with Crippen molar-refractivity contribution in [3.63, 3.8) is 0 Å². The van der Waals surface area contributed by atoms with Crippen molar-refractivity contribution < 1.29 is 4.74 Å². The van der Waals surface area contributed by atoms with Crippen LogP contribution in [-0.4, -0.2) is 29.0 Å². The molecule has 0 bridgehead atoms. The highest BCUT2D eigenvalue weighted by Crippen LogP contribution is 2.12. The van der Waals surface area contributed by atoms with Crippen molar-refractivity contribution in [3.05, 3.63) is 18.0 Å². The van der Waals surface area contributed by atoms with Crippen molar-refractivity contribution in [3.8, 4) is 0 Å². The highest BCUT2D eigenvalue weighted by atomic mass is 16.5. The predicted molar refractivity (Wildman–Crippen MR) is 77.7 cm³/mol. The van der Waals surface area contributed by atoms with Gasteiger partial charge in [0.2, 0.25) is 0 Å². The number of hydrogen-bond acceptors (Lipinski definition) is 4. The van der Waals surface area contributed by atoms with Crippen molar-refractivity contribution in [2.45, 2.75) is 64.6 Å². The number of ether oxygens (including phenoxy) is 1. The van der Waals surface area contributed by atoms with Crippen molar-refractivity contribution in [1.82, 2.24) is 15.2 Å². The molecule has 19 heavy (non-hydrogen) atoms. The van der Waals surface area contributed by atoms with E-state index < -0.39 is 0 Å². The van der Waals surface area contributed by atoms with Crippen molar-refractivity contribution in [2.24, 2.45) is 5.84 Å². The monoisotopic (exact) mass is 268 g/mol. The fourth-order valence-electron chi connectivity index (χ4n) is 1.97. The molecule has 0 amide bonds. The lowest BCUT2D eigenvalue weighted by Crippen LogP contribution is -2.37. The molecule has 5 nitrogen and oxygen atoms in total. The number of methoxy groups -OCH3 is 1. The highest BCUT2D eigenvalue weighted by Gasteiger charge is 2.12. The van der Waals surface area contributed by atoms with Gasteiger partial charge in [-0.2, -0.15) is 5.10 Å². The van der Waals surface area contributed by atoms with E-state index in [2.05, 4.69) is 43.6 Å². The van der Waals surface area contributed by atoms with E-state index in [4.69, 9.17) is 10.6 Å². The zero-order chi connectivity index (χ0) is 14.3. The first-order valence-electron chi connectivity index (χ1n) is 7.13. The Kier molecular flexibility index (Phi) is 7.05. The maximum atomic E-state index is 5.62. The van der Waals surface area contributed by atoms with E-state index in [1.807, 2.05) is 4.68 Å². The van der Waals surface area contributed by atoms with Crippen LogP contribution < -0.4 is 11.3 Å². The van der Waals surface area contributed by atoms with Gasteiger partial charge in [0, 0.05) is 31.8 Å². The summed E-state index contributed by atoms with van der Waals surface area (Å²) in [5, 5.41) is 4.61. The van der Waals surface area contributed by atoms with Gasteiger partial charge in [0.05, 0.1) is 11.8 Å². The van der Waals surface area contributed by atoms with Crippen LogP contribution in [0, 0.1) is 0 Å². The highest BCUT2D eigenvalue weighted by molar-refractivity contribution is 5.02. The molecule has 3 unspecified atom stereocenters. The summed E-state index contributed by atoms with van der Waals surface area (Å²) in [4.78, 5) is 0. The Morgan fingerprint density at radius 1 is 1.42 bits per heavy atom. The zero-order valence-electron chi connectivity index (χ0n) is 12.6. The largest absolute Gasteiger partial charge is 0.382 e. The Balaban J connectivity index is 2.48. The van der Waals surface area contributed by atoms with Gasteiger partial charge in [0.25, 0.3) is 0 Å². The van der Waals surface area contributed by atoms with Crippen LogP contribution in [0.4, 0.5) is 0 Å². The molecule has 0 aliphatic rings. The second-order valence-corrected chi connectivity index (χ2v) is 5.24. The zero-order valence-corrected chi connectivity index (χ0v) is 12.6. The second kappa shape index (κ2) is 8.30. The number of hydrazine groups is 1. The van der Waals surface area contributed by atoms with Crippen LogP contribution in [0.1, 0.15) is 51.8 Å². The summed E-state index contributed by atoms with van der Waals surface area (Å²) in [5.41, 5.74) is 3.97. The van der Waals surface area contributed by atoms with Crippen LogP contribution in [0.3, 0.4) is 0 Å². The summed E-state index contributed by atoms with van der Waals surface area (Å²) in [6, 6.07) is 2.78. The lowest BCUT2D eigenvalue weighted by Gasteiger charge is -2.17. The van der Waals surface area contributed by atoms with Crippen molar-refractivity contribution in [1.29, 1.82) is 0 Å². The lowest BCUT2D eigenvalue weighted by atomic mass is 10.0. The lowest BCUT2D eigenvalue weighted by molar-refractivity contribution is 0.106. The number of hydrogen-bond donors (Lipinski definition) is 2. The molecule has 1 aromatic rings. The third-order valence-corrected chi connectivity index (χ3v) is 3.72. The molecule has 3 N–H and O–H groups in total. The van der Waals surface area contributed by atoms with Gasteiger partial charge in [0.15, 0.2) is 0 Å². The van der Waals surface area contributed by atoms with Crippen LogP contribution >= 0.6 is 0 Å². The summed E-state index contributed by atoms with van der Waals surface area (Å²) in [6.45, 7) is 6.42. The van der Waals surface area contributed by atoms with Gasteiger partial charge >= 0.3 is 0 Å². The van der Waals surface area contributed by atoms with E-state index in [-0.39, 0.29) is 12.1 Å². The molecule has 0 aliphatic heterocycles. The number of rotatable bonds is 9.